The minimum Gasteiger partial charge on any atom is -0.481 e. The number of hydrogen-bond acceptors (Lipinski definition) is 7. The first kappa shape index (κ1) is 33.4. The zero-order valence-corrected chi connectivity index (χ0v) is 24.7. The molecule has 1 aromatic carbocycles. The van der Waals surface area contributed by atoms with Crippen molar-refractivity contribution in [3.63, 3.8) is 0 Å². The van der Waals surface area contributed by atoms with Gasteiger partial charge in [-0.15, -0.1) is 0 Å². The third-order valence-corrected chi connectivity index (χ3v) is 6.65. The molecule has 0 radical (unpaired) electrons. The third-order valence-electron chi connectivity index (χ3n) is 6.65. The van der Waals surface area contributed by atoms with Crippen molar-refractivity contribution < 1.29 is 38.5 Å². The van der Waals surface area contributed by atoms with E-state index < -0.39 is 52.8 Å². The highest BCUT2D eigenvalue weighted by Gasteiger charge is 2.48. The molecular formula is C30H46O8. The maximum absolute atomic E-state index is 13.8. The minimum absolute atomic E-state index is 0.129. The molecule has 2 atom stereocenters. The number of hydrogen-bond donors (Lipinski definition) is 1. The number of benzene rings is 1. The number of ketones is 2. The first-order valence-electron chi connectivity index (χ1n) is 13.0. The standard InChI is InChI=1S/C30H46O8/c1-27(2,3)25(34)21(16-17-23(31)32)37-24(33)19-36-30(9,10)29(7,8)26(35)22(38-28(4,5)6)18-20-14-12-11-13-15-20/h11-15,21-22H,16-19H2,1-10H3,(H,31,32). The monoisotopic (exact) mass is 534 g/mol. The first-order valence-corrected chi connectivity index (χ1v) is 13.0. The maximum Gasteiger partial charge on any atom is 0.332 e. The summed E-state index contributed by atoms with van der Waals surface area (Å²) in [4.78, 5) is 50.3. The van der Waals surface area contributed by atoms with Crippen LogP contribution in [-0.4, -0.2) is 58.6 Å². The van der Waals surface area contributed by atoms with Crippen LogP contribution in [0.25, 0.3) is 0 Å². The van der Waals surface area contributed by atoms with E-state index in [1.54, 1.807) is 48.5 Å². The van der Waals surface area contributed by atoms with Crippen LogP contribution in [-0.2, 0) is 39.8 Å². The van der Waals surface area contributed by atoms with E-state index in [9.17, 15) is 19.2 Å². The lowest BCUT2D eigenvalue weighted by atomic mass is 9.71. The summed E-state index contributed by atoms with van der Waals surface area (Å²) in [5.74, 6) is -2.43. The molecule has 0 fully saturated rings. The van der Waals surface area contributed by atoms with Crippen molar-refractivity contribution >= 4 is 23.5 Å². The van der Waals surface area contributed by atoms with Crippen molar-refractivity contribution in [3.8, 4) is 0 Å². The van der Waals surface area contributed by atoms with Gasteiger partial charge < -0.3 is 19.3 Å². The van der Waals surface area contributed by atoms with Crippen LogP contribution >= 0.6 is 0 Å². The summed E-state index contributed by atoms with van der Waals surface area (Å²) in [5.41, 5.74) is -2.60. The van der Waals surface area contributed by atoms with Gasteiger partial charge in [-0.05, 0) is 40.2 Å². The minimum atomic E-state index is -1.20. The lowest BCUT2D eigenvalue weighted by Gasteiger charge is -2.42. The number of carbonyl (C=O) groups is 4. The zero-order valence-electron chi connectivity index (χ0n) is 24.7. The molecule has 8 heteroatoms. The van der Waals surface area contributed by atoms with Gasteiger partial charge in [0.1, 0.15) is 12.7 Å². The molecule has 0 aliphatic heterocycles. The number of Topliss-reactive ketones (excluding diaryl/α,β-unsaturated/α-hetero) is 2. The molecule has 0 spiro atoms. The van der Waals surface area contributed by atoms with Crippen LogP contribution in [0.5, 0.6) is 0 Å². The van der Waals surface area contributed by atoms with Gasteiger partial charge in [0.15, 0.2) is 17.7 Å². The maximum atomic E-state index is 13.8. The number of aliphatic carboxylic acids is 1. The number of ether oxygens (including phenoxy) is 3. The van der Waals surface area contributed by atoms with Crippen molar-refractivity contribution in [2.45, 2.75) is 112 Å². The highest BCUT2D eigenvalue weighted by atomic mass is 16.6. The van der Waals surface area contributed by atoms with Crippen LogP contribution in [0, 0.1) is 10.8 Å². The summed E-state index contributed by atoms with van der Waals surface area (Å²) in [6, 6.07) is 9.61. The van der Waals surface area contributed by atoms with Gasteiger partial charge in [0.2, 0.25) is 0 Å². The van der Waals surface area contributed by atoms with Crippen molar-refractivity contribution in [2.75, 3.05) is 6.61 Å². The fraction of sp³-hybridized carbons (Fsp3) is 0.667. The number of carboxylic acids is 1. The van der Waals surface area contributed by atoms with E-state index >= 15 is 0 Å². The Morgan fingerprint density at radius 1 is 0.816 bits per heavy atom. The van der Waals surface area contributed by atoms with E-state index in [1.165, 1.54) is 0 Å². The van der Waals surface area contributed by atoms with Crippen LogP contribution in [0.15, 0.2) is 30.3 Å². The summed E-state index contributed by atoms with van der Waals surface area (Å²) >= 11 is 0. The van der Waals surface area contributed by atoms with Crippen molar-refractivity contribution in [3.05, 3.63) is 35.9 Å². The van der Waals surface area contributed by atoms with E-state index in [0.29, 0.717) is 6.42 Å². The van der Waals surface area contributed by atoms with Gasteiger partial charge in [-0.3, -0.25) is 14.4 Å². The molecular weight excluding hydrogens is 488 g/mol. The molecule has 0 amide bonds. The van der Waals surface area contributed by atoms with Crippen molar-refractivity contribution in [1.29, 1.82) is 0 Å². The summed E-state index contributed by atoms with van der Waals surface area (Å²) in [6.45, 7) is 17.1. The number of esters is 1. The molecule has 0 aliphatic rings. The average molecular weight is 535 g/mol. The summed E-state index contributed by atoms with van der Waals surface area (Å²) in [6.07, 6.45) is -2.00. The van der Waals surface area contributed by atoms with Gasteiger partial charge in [-0.25, -0.2) is 4.79 Å². The van der Waals surface area contributed by atoms with Crippen LogP contribution in [0.1, 0.15) is 87.6 Å². The van der Waals surface area contributed by atoms with Gasteiger partial charge in [-0.1, -0.05) is 65.0 Å². The molecule has 0 heterocycles. The van der Waals surface area contributed by atoms with Crippen LogP contribution in [0.2, 0.25) is 0 Å². The second kappa shape index (κ2) is 13.0. The van der Waals surface area contributed by atoms with E-state index in [2.05, 4.69) is 0 Å². The Hall–Kier alpha value is -2.58. The molecule has 1 aromatic rings. The smallest absolute Gasteiger partial charge is 0.332 e. The summed E-state index contributed by atoms with van der Waals surface area (Å²) in [7, 11) is 0. The van der Waals surface area contributed by atoms with Crippen molar-refractivity contribution in [1.82, 2.24) is 0 Å². The lowest BCUT2D eigenvalue weighted by Crippen LogP contribution is -2.53. The van der Waals surface area contributed by atoms with E-state index in [0.717, 1.165) is 5.56 Å². The Labute approximate surface area is 227 Å². The van der Waals surface area contributed by atoms with Gasteiger partial charge in [0.25, 0.3) is 0 Å². The molecule has 1 rings (SSSR count). The van der Waals surface area contributed by atoms with E-state index in [1.807, 2.05) is 51.1 Å². The van der Waals surface area contributed by atoms with E-state index in [-0.39, 0.29) is 24.4 Å². The second-order valence-corrected chi connectivity index (χ2v) is 12.7. The Morgan fingerprint density at radius 3 is 1.84 bits per heavy atom. The normalized spacial score (nSPS) is 14.5. The van der Waals surface area contributed by atoms with Crippen molar-refractivity contribution in [2.24, 2.45) is 10.8 Å². The Kier molecular flexibility index (Phi) is 11.4. The van der Waals surface area contributed by atoms with Gasteiger partial charge in [0.05, 0.1) is 16.6 Å². The molecule has 0 saturated carbocycles. The highest BCUT2D eigenvalue weighted by Crippen LogP contribution is 2.37. The fourth-order valence-corrected chi connectivity index (χ4v) is 3.74. The molecule has 38 heavy (non-hydrogen) atoms. The van der Waals surface area contributed by atoms with Gasteiger partial charge in [-0.2, -0.15) is 0 Å². The van der Waals surface area contributed by atoms with E-state index in [4.69, 9.17) is 19.3 Å². The largest absolute Gasteiger partial charge is 0.481 e. The molecule has 0 saturated heterocycles. The first-order chi connectivity index (χ1) is 17.2. The third kappa shape index (κ3) is 10.3. The van der Waals surface area contributed by atoms with Gasteiger partial charge in [0, 0.05) is 24.7 Å². The molecule has 2 unspecified atom stereocenters. The highest BCUT2D eigenvalue weighted by molar-refractivity contribution is 5.91. The molecule has 1 N–H and O–H groups in total. The Balaban J connectivity index is 3.02. The fourth-order valence-electron chi connectivity index (χ4n) is 3.74. The number of rotatable bonds is 14. The average Bonchev–Trinajstić information content (AvgIpc) is 2.78. The Morgan fingerprint density at radius 2 is 1.37 bits per heavy atom. The topological polar surface area (TPSA) is 116 Å². The van der Waals surface area contributed by atoms with Crippen LogP contribution in [0.3, 0.4) is 0 Å². The number of carbonyl (C=O) groups excluding carboxylic acids is 3. The molecule has 8 nitrogen and oxygen atoms in total. The second-order valence-electron chi connectivity index (χ2n) is 12.7. The molecule has 0 aliphatic carbocycles. The Bertz CT molecular complexity index is 964. The zero-order chi connectivity index (χ0) is 29.5. The molecule has 0 aromatic heterocycles. The summed E-state index contributed by atoms with van der Waals surface area (Å²) in [5, 5.41) is 9.02. The predicted molar refractivity (Wildman–Crippen MR) is 145 cm³/mol. The van der Waals surface area contributed by atoms with Crippen LogP contribution in [0.4, 0.5) is 0 Å². The molecule has 0 bridgehead atoms. The summed E-state index contributed by atoms with van der Waals surface area (Å²) < 4.78 is 17.5. The molecule has 214 valence electrons. The van der Waals surface area contributed by atoms with Gasteiger partial charge >= 0.3 is 11.9 Å². The quantitative estimate of drug-likeness (QED) is 0.324. The van der Waals surface area contributed by atoms with Crippen LogP contribution < -0.4 is 0 Å². The SMILES string of the molecule is CC(C)(C)OC(Cc1ccccc1)C(=O)C(C)(C)C(C)(C)OCC(=O)OC(CCC(=O)O)C(=O)C(C)(C)C. The lowest BCUT2D eigenvalue weighted by molar-refractivity contribution is -0.180. The number of carboxylic acid groups (broad SMARTS) is 1. The predicted octanol–water partition coefficient (Wildman–Crippen LogP) is 5.20.